The lowest BCUT2D eigenvalue weighted by Gasteiger charge is -2.08. The zero-order valence-corrected chi connectivity index (χ0v) is 12.1. The van der Waals surface area contributed by atoms with Crippen molar-refractivity contribution in [2.45, 2.75) is 6.92 Å². The SMILES string of the molecule is COCCOCC(=O)Nc1ccc(/C=C/C(=O)O)c(C)c1. The van der Waals surface area contributed by atoms with Crippen molar-refractivity contribution in [3.8, 4) is 0 Å². The standard InChI is InChI=1S/C15H19NO5/c1-11-9-13(5-3-12(11)4-6-15(18)19)16-14(17)10-21-8-7-20-2/h3-6,9H,7-8,10H2,1-2H3,(H,16,17)(H,18,19)/b6-4+. The molecule has 0 atom stereocenters. The molecule has 0 aromatic heterocycles. The van der Waals surface area contributed by atoms with Crippen molar-refractivity contribution in [1.82, 2.24) is 0 Å². The number of hydrogen-bond acceptors (Lipinski definition) is 4. The summed E-state index contributed by atoms with van der Waals surface area (Å²) >= 11 is 0. The van der Waals surface area contributed by atoms with Gasteiger partial charge >= 0.3 is 5.97 Å². The van der Waals surface area contributed by atoms with Crippen LogP contribution in [0.4, 0.5) is 5.69 Å². The Balaban J connectivity index is 2.55. The Bertz CT molecular complexity index is 525. The summed E-state index contributed by atoms with van der Waals surface area (Å²) in [5.41, 5.74) is 2.29. The van der Waals surface area contributed by atoms with Gasteiger partial charge < -0.3 is 19.9 Å². The normalized spacial score (nSPS) is 10.8. The van der Waals surface area contributed by atoms with E-state index < -0.39 is 5.97 Å². The molecule has 21 heavy (non-hydrogen) atoms. The highest BCUT2D eigenvalue weighted by molar-refractivity contribution is 5.92. The molecule has 2 N–H and O–H groups in total. The summed E-state index contributed by atoms with van der Waals surface area (Å²) in [7, 11) is 1.56. The second kappa shape index (κ2) is 8.89. The molecule has 1 rings (SSSR count). The Morgan fingerprint density at radius 2 is 2.10 bits per heavy atom. The largest absolute Gasteiger partial charge is 0.478 e. The average molecular weight is 293 g/mol. The molecule has 1 aromatic rings. The van der Waals surface area contributed by atoms with Gasteiger partial charge in [0.05, 0.1) is 13.2 Å². The third-order valence-corrected chi connectivity index (χ3v) is 2.62. The van der Waals surface area contributed by atoms with E-state index in [-0.39, 0.29) is 12.5 Å². The summed E-state index contributed by atoms with van der Waals surface area (Å²) < 4.78 is 9.92. The molecule has 6 heteroatoms. The zero-order valence-electron chi connectivity index (χ0n) is 12.1. The van der Waals surface area contributed by atoms with E-state index in [2.05, 4.69) is 5.32 Å². The van der Waals surface area contributed by atoms with Gasteiger partial charge in [-0.3, -0.25) is 4.79 Å². The van der Waals surface area contributed by atoms with E-state index in [1.807, 2.05) is 6.92 Å². The number of methoxy groups -OCH3 is 1. The Morgan fingerprint density at radius 3 is 2.71 bits per heavy atom. The number of carboxylic acids is 1. The number of nitrogens with one attached hydrogen (secondary N) is 1. The molecule has 0 unspecified atom stereocenters. The first-order chi connectivity index (χ1) is 10.0. The number of benzene rings is 1. The van der Waals surface area contributed by atoms with Gasteiger partial charge in [0.25, 0.3) is 0 Å². The molecule has 0 spiro atoms. The van der Waals surface area contributed by atoms with Crippen LogP contribution in [0.25, 0.3) is 6.08 Å². The van der Waals surface area contributed by atoms with E-state index in [0.29, 0.717) is 18.9 Å². The number of ether oxygens (including phenoxy) is 2. The summed E-state index contributed by atoms with van der Waals surface area (Å²) in [6, 6.07) is 5.23. The monoisotopic (exact) mass is 293 g/mol. The third kappa shape index (κ3) is 6.69. The van der Waals surface area contributed by atoms with Gasteiger partial charge in [-0.25, -0.2) is 4.79 Å². The molecule has 0 radical (unpaired) electrons. The van der Waals surface area contributed by atoms with E-state index >= 15 is 0 Å². The maximum Gasteiger partial charge on any atom is 0.328 e. The van der Waals surface area contributed by atoms with Crippen LogP contribution in [-0.4, -0.2) is 43.9 Å². The van der Waals surface area contributed by atoms with Crippen molar-refractivity contribution in [1.29, 1.82) is 0 Å². The van der Waals surface area contributed by atoms with Crippen LogP contribution in [0.2, 0.25) is 0 Å². The van der Waals surface area contributed by atoms with Crippen molar-refractivity contribution in [2.24, 2.45) is 0 Å². The lowest BCUT2D eigenvalue weighted by atomic mass is 10.1. The van der Waals surface area contributed by atoms with Gasteiger partial charge in [0.15, 0.2) is 0 Å². The highest BCUT2D eigenvalue weighted by Crippen LogP contribution is 2.16. The van der Waals surface area contributed by atoms with Crippen LogP contribution >= 0.6 is 0 Å². The van der Waals surface area contributed by atoms with Crippen LogP contribution in [-0.2, 0) is 19.1 Å². The third-order valence-electron chi connectivity index (χ3n) is 2.62. The maximum absolute atomic E-state index is 11.6. The number of aryl methyl sites for hydroxylation is 1. The Morgan fingerprint density at radius 1 is 1.33 bits per heavy atom. The van der Waals surface area contributed by atoms with Crippen molar-refractivity contribution >= 4 is 23.6 Å². The molecule has 0 saturated carbocycles. The summed E-state index contributed by atoms with van der Waals surface area (Å²) in [5.74, 6) is -1.25. The van der Waals surface area contributed by atoms with Gasteiger partial charge in [-0.15, -0.1) is 0 Å². The summed E-state index contributed by atoms with van der Waals surface area (Å²) in [6.45, 7) is 2.61. The number of carboxylic acid groups (broad SMARTS) is 1. The predicted molar refractivity (Wildman–Crippen MR) is 79.2 cm³/mol. The Labute approximate surface area is 123 Å². The van der Waals surface area contributed by atoms with Crippen molar-refractivity contribution in [3.05, 3.63) is 35.4 Å². The van der Waals surface area contributed by atoms with Gasteiger partial charge in [0.2, 0.25) is 5.91 Å². The van der Waals surface area contributed by atoms with Gasteiger partial charge in [-0.1, -0.05) is 6.07 Å². The molecule has 0 aliphatic carbocycles. The summed E-state index contributed by atoms with van der Waals surface area (Å²) in [4.78, 5) is 22.1. The molecule has 0 aliphatic heterocycles. The van der Waals surface area contributed by atoms with Crippen molar-refractivity contribution in [3.63, 3.8) is 0 Å². The average Bonchev–Trinajstić information content (AvgIpc) is 2.42. The topological polar surface area (TPSA) is 84.9 Å². The second-order valence-corrected chi connectivity index (χ2v) is 4.34. The first-order valence-electron chi connectivity index (χ1n) is 6.41. The van der Waals surface area contributed by atoms with Crippen LogP contribution in [0, 0.1) is 6.92 Å². The maximum atomic E-state index is 11.6. The first-order valence-corrected chi connectivity index (χ1v) is 6.41. The molecule has 0 heterocycles. The lowest BCUT2D eigenvalue weighted by Crippen LogP contribution is -2.19. The number of rotatable bonds is 8. The molecular formula is C15H19NO5. The van der Waals surface area contributed by atoms with Gasteiger partial charge in [-0.05, 0) is 36.3 Å². The minimum atomic E-state index is -1.00. The summed E-state index contributed by atoms with van der Waals surface area (Å²) in [6.07, 6.45) is 2.58. The summed E-state index contributed by atoms with van der Waals surface area (Å²) in [5, 5.41) is 11.3. The number of amides is 1. The fraction of sp³-hybridized carbons (Fsp3) is 0.333. The molecule has 0 saturated heterocycles. The minimum absolute atomic E-state index is 0.0386. The smallest absolute Gasteiger partial charge is 0.328 e. The van der Waals surface area contributed by atoms with Crippen LogP contribution < -0.4 is 5.32 Å². The Hall–Kier alpha value is -2.18. The van der Waals surface area contributed by atoms with Crippen molar-refractivity contribution in [2.75, 3.05) is 32.2 Å². The molecule has 114 valence electrons. The van der Waals surface area contributed by atoms with E-state index in [9.17, 15) is 9.59 Å². The number of aliphatic carboxylic acids is 1. The minimum Gasteiger partial charge on any atom is -0.478 e. The van der Waals surface area contributed by atoms with Crippen LogP contribution in [0.1, 0.15) is 11.1 Å². The van der Waals surface area contributed by atoms with E-state index in [1.165, 1.54) is 6.08 Å². The van der Waals surface area contributed by atoms with Gasteiger partial charge in [0.1, 0.15) is 6.61 Å². The molecule has 0 aliphatic rings. The lowest BCUT2D eigenvalue weighted by molar-refractivity contribution is -0.131. The molecule has 6 nitrogen and oxygen atoms in total. The first kappa shape index (κ1) is 16.9. The van der Waals surface area contributed by atoms with Crippen molar-refractivity contribution < 1.29 is 24.2 Å². The van der Waals surface area contributed by atoms with Gasteiger partial charge in [0, 0.05) is 18.9 Å². The predicted octanol–water partition coefficient (Wildman–Crippen LogP) is 1.69. The molecular weight excluding hydrogens is 274 g/mol. The fourth-order valence-corrected chi connectivity index (χ4v) is 1.61. The molecule has 0 bridgehead atoms. The van der Waals surface area contributed by atoms with Crippen LogP contribution in [0.3, 0.4) is 0 Å². The fourth-order valence-electron chi connectivity index (χ4n) is 1.61. The molecule has 0 fully saturated rings. The number of carbonyl (C=O) groups excluding carboxylic acids is 1. The van der Waals surface area contributed by atoms with Crippen LogP contribution in [0.5, 0.6) is 0 Å². The zero-order chi connectivity index (χ0) is 15.7. The molecule has 1 aromatic carbocycles. The number of hydrogen-bond donors (Lipinski definition) is 2. The highest BCUT2D eigenvalue weighted by Gasteiger charge is 2.04. The number of carbonyl (C=O) groups is 2. The van der Waals surface area contributed by atoms with Crippen LogP contribution in [0.15, 0.2) is 24.3 Å². The van der Waals surface area contributed by atoms with E-state index in [1.54, 1.807) is 25.3 Å². The quantitative estimate of drug-likeness (QED) is 0.563. The molecule has 1 amide bonds. The second-order valence-electron chi connectivity index (χ2n) is 4.34. The highest BCUT2D eigenvalue weighted by atomic mass is 16.5. The number of anilines is 1. The van der Waals surface area contributed by atoms with Gasteiger partial charge in [-0.2, -0.15) is 0 Å². The van der Waals surface area contributed by atoms with E-state index in [0.717, 1.165) is 17.2 Å². The Kier molecular flexibility index (Phi) is 7.14. The van der Waals surface area contributed by atoms with E-state index in [4.69, 9.17) is 14.6 Å².